The van der Waals surface area contributed by atoms with Gasteiger partial charge in [-0.1, -0.05) is 60.7 Å². The lowest BCUT2D eigenvalue weighted by atomic mass is 9.99. The molecule has 0 aromatic heterocycles. The van der Waals surface area contributed by atoms with Crippen molar-refractivity contribution in [2.75, 3.05) is 4.90 Å². The van der Waals surface area contributed by atoms with E-state index in [1.54, 1.807) is 31.7 Å². The number of aryl methyl sites for hydroxylation is 1. The minimum atomic E-state index is -0.681. The molecule has 3 aromatic rings. The third-order valence-electron chi connectivity index (χ3n) is 5.89. The van der Waals surface area contributed by atoms with Crippen LogP contribution in [0.5, 0.6) is 0 Å². The molecule has 4 rings (SSSR count). The number of carbonyl (C=O) groups is 2. The van der Waals surface area contributed by atoms with E-state index in [0.717, 1.165) is 27.9 Å². The maximum absolute atomic E-state index is 13.6. The molecular formula is C29H29N3O3. The molecule has 1 heterocycles. The van der Waals surface area contributed by atoms with Crippen molar-refractivity contribution in [3.8, 4) is 17.2 Å². The topological polar surface area (TPSA) is 82.4 Å². The number of benzene rings is 3. The fraction of sp³-hybridized carbons (Fsp3) is 0.276. The molecule has 35 heavy (non-hydrogen) atoms. The van der Waals surface area contributed by atoms with E-state index in [1.165, 1.54) is 0 Å². The number of alkyl carbamates (subject to hydrolysis) is 1. The number of fused-ring (bicyclic) bond motifs is 1. The Morgan fingerprint density at radius 1 is 1.06 bits per heavy atom. The Hall–Kier alpha value is -4.11. The second kappa shape index (κ2) is 10.0. The highest BCUT2D eigenvalue weighted by atomic mass is 16.6. The lowest BCUT2D eigenvalue weighted by Gasteiger charge is -2.27. The number of hydrogen-bond acceptors (Lipinski definition) is 4. The first-order valence-electron chi connectivity index (χ1n) is 11.7. The molecule has 1 atom stereocenters. The van der Waals surface area contributed by atoms with Crippen molar-refractivity contribution in [1.82, 2.24) is 5.32 Å². The molecular weight excluding hydrogens is 438 g/mol. The zero-order chi connectivity index (χ0) is 25.0. The second-order valence-electron chi connectivity index (χ2n) is 9.64. The van der Waals surface area contributed by atoms with Gasteiger partial charge in [0.15, 0.2) is 0 Å². The number of anilines is 1. The molecule has 6 nitrogen and oxygen atoms in total. The molecule has 1 aliphatic rings. The maximum Gasteiger partial charge on any atom is 0.408 e. The maximum atomic E-state index is 13.6. The van der Waals surface area contributed by atoms with E-state index >= 15 is 0 Å². The number of amides is 2. The molecule has 0 bridgehead atoms. The zero-order valence-corrected chi connectivity index (χ0v) is 20.2. The summed E-state index contributed by atoms with van der Waals surface area (Å²) in [5, 5.41) is 12.2. The van der Waals surface area contributed by atoms with Gasteiger partial charge in [-0.3, -0.25) is 4.79 Å². The van der Waals surface area contributed by atoms with Gasteiger partial charge in [0, 0.05) is 5.69 Å². The fourth-order valence-electron chi connectivity index (χ4n) is 4.27. The summed E-state index contributed by atoms with van der Waals surface area (Å²) in [5.41, 5.74) is 4.65. The molecule has 3 aromatic carbocycles. The van der Waals surface area contributed by atoms with E-state index in [2.05, 4.69) is 11.4 Å². The molecule has 2 amide bonds. The van der Waals surface area contributed by atoms with Crippen molar-refractivity contribution >= 4 is 17.7 Å². The van der Waals surface area contributed by atoms with Crippen LogP contribution in [-0.2, 0) is 22.5 Å². The van der Waals surface area contributed by atoms with Gasteiger partial charge in [-0.05, 0) is 68.0 Å². The summed E-state index contributed by atoms with van der Waals surface area (Å²) >= 11 is 0. The predicted octanol–water partition coefficient (Wildman–Crippen LogP) is 5.60. The van der Waals surface area contributed by atoms with Crippen molar-refractivity contribution in [3.05, 3.63) is 89.5 Å². The average Bonchev–Trinajstić information content (AvgIpc) is 2.96. The molecule has 1 aliphatic heterocycles. The number of hydrogen-bond donors (Lipinski definition) is 1. The lowest BCUT2D eigenvalue weighted by molar-refractivity contribution is -0.120. The molecule has 0 radical (unpaired) electrons. The minimum absolute atomic E-state index is 0.167. The van der Waals surface area contributed by atoms with Crippen molar-refractivity contribution in [3.63, 3.8) is 0 Å². The molecule has 0 saturated heterocycles. The molecule has 0 aliphatic carbocycles. The van der Waals surface area contributed by atoms with Crippen molar-refractivity contribution < 1.29 is 14.3 Å². The van der Waals surface area contributed by atoms with E-state index in [0.29, 0.717) is 24.9 Å². The van der Waals surface area contributed by atoms with E-state index in [1.807, 2.05) is 66.7 Å². The summed E-state index contributed by atoms with van der Waals surface area (Å²) in [4.78, 5) is 27.8. The highest BCUT2D eigenvalue weighted by molar-refractivity contribution is 6.00. The Bertz CT molecular complexity index is 1270. The smallest absolute Gasteiger partial charge is 0.408 e. The quantitative estimate of drug-likeness (QED) is 0.542. The summed E-state index contributed by atoms with van der Waals surface area (Å²) in [7, 11) is 0. The number of nitriles is 1. The van der Waals surface area contributed by atoms with Gasteiger partial charge in [0.2, 0.25) is 5.91 Å². The van der Waals surface area contributed by atoms with E-state index in [-0.39, 0.29) is 5.91 Å². The summed E-state index contributed by atoms with van der Waals surface area (Å²) in [5.74, 6) is -0.167. The van der Waals surface area contributed by atoms with Crippen LogP contribution in [0.15, 0.2) is 72.8 Å². The highest BCUT2D eigenvalue weighted by Gasteiger charge is 2.32. The largest absolute Gasteiger partial charge is 0.444 e. The van der Waals surface area contributed by atoms with Gasteiger partial charge in [-0.2, -0.15) is 5.26 Å². The SMILES string of the molecule is CC(C)(C)OC(=O)NC1CCc2ccccc2N(Cc2ccc(-c3ccccc3C#N)cc2)C1=O. The lowest BCUT2D eigenvalue weighted by Crippen LogP contribution is -2.49. The molecule has 178 valence electrons. The normalized spacial score (nSPS) is 15.5. The Kier molecular flexibility index (Phi) is 6.88. The Labute approximate surface area is 206 Å². The molecule has 0 fully saturated rings. The number of carbonyl (C=O) groups excluding carboxylic acids is 2. The van der Waals surface area contributed by atoms with Crippen LogP contribution in [0.4, 0.5) is 10.5 Å². The Morgan fingerprint density at radius 3 is 2.46 bits per heavy atom. The zero-order valence-electron chi connectivity index (χ0n) is 20.2. The molecule has 6 heteroatoms. The van der Waals surface area contributed by atoms with E-state index in [9.17, 15) is 14.9 Å². The number of ether oxygens (including phenoxy) is 1. The number of para-hydroxylation sites is 1. The van der Waals surface area contributed by atoms with Gasteiger partial charge >= 0.3 is 6.09 Å². The van der Waals surface area contributed by atoms with E-state index in [4.69, 9.17) is 4.74 Å². The summed E-state index contributed by atoms with van der Waals surface area (Å²) in [6.45, 7) is 5.75. The van der Waals surface area contributed by atoms with Crippen LogP contribution < -0.4 is 10.2 Å². The van der Waals surface area contributed by atoms with Crippen LogP contribution in [0.1, 0.15) is 43.9 Å². The van der Waals surface area contributed by atoms with Crippen LogP contribution in [-0.4, -0.2) is 23.6 Å². The van der Waals surface area contributed by atoms with Gasteiger partial charge in [0.25, 0.3) is 0 Å². The number of rotatable bonds is 4. The summed E-state index contributed by atoms with van der Waals surface area (Å²) < 4.78 is 5.39. The van der Waals surface area contributed by atoms with Gasteiger partial charge in [0.05, 0.1) is 18.2 Å². The first-order chi connectivity index (χ1) is 16.7. The van der Waals surface area contributed by atoms with Crippen LogP contribution in [0, 0.1) is 11.3 Å². The second-order valence-corrected chi connectivity index (χ2v) is 9.64. The molecule has 0 saturated carbocycles. The third kappa shape index (κ3) is 5.70. The molecule has 1 N–H and O–H groups in total. The van der Waals surface area contributed by atoms with Crippen molar-refractivity contribution in [2.24, 2.45) is 0 Å². The van der Waals surface area contributed by atoms with Crippen molar-refractivity contribution in [2.45, 2.75) is 51.8 Å². The Morgan fingerprint density at radius 2 is 1.74 bits per heavy atom. The van der Waals surface area contributed by atoms with Crippen LogP contribution in [0.2, 0.25) is 0 Å². The molecule has 0 spiro atoms. The van der Waals surface area contributed by atoms with Gasteiger partial charge < -0.3 is 15.0 Å². The summed E-state index contributed by atoms with van der Waals surface area (Å²) in [6, 6.07) is 24.8. The standard InChI is InChI=1S/C29H29N3O3/c1-29(2,3)35-28(34)31-25-17-16-22-8-5-7-11-26(22)32(27(25)33)19-20-12-14-21(15-13-20)24-10-6-4-9-23(24)18-30/h4-15,25H,16-17,19H2,1-3H3,(H,31,34). The monoisotopic (exact) mass is 467 g/mol. The average molecular weight is 468 g/mol. The number of nitrogens with one attached hydrogen (secondary N) is 1. The van der Waals surface area contributed by atoms with Crippen LogP contribution in [0.3, 0.4) is 0 Å². The third-order valence-corrected chi connectivity index (χ3v) is 5.89. The van der Waals surface area contributed by atoms with Gasteiger partial charge in [0.1, 0.15) is 11.6 Å². The van der Waals surface area contributed by atoms with Gasteiger partial charge in [-0.15, -0.1) is 0 Å². The van der Waals surface area contributed by atoms with E-state index < -0.39 is 17.7 Å². The summed E-state index contributed by atoms with van der Waals surface area (Å²) in [6.07, 6.45) is 0.570. The van der Waals surface area contributed by atoms with Crippen molar-refractivity contribution in [1.29, 1.82) is 5.26 Å². The van der Waals surface area contributed by atoms with Gasteiger partial charge in [-0.25, -0.2) is 4.79 Å². The molecule has 1 unspecified atom stereocenters. The highest BCUT2D eigenvalue weighted by Crippen LogP contribution is 2.30. The first-order valence-corrected chi connectivity index (χ1v) is 11.7. The van der Waals surface area contributed by atoms with Crippen LogP contribution in [0.25, 0.3) is 11.1 Å². The van der Waals surface area contributed by atoms with Crippen LogP contribution >= 0.6 is 0 Å². The fourth-order valence-corrected chi connectivity index (χ4v) is 4.27. The first kappa shape index (κ1) is 24.0. The number of nitrogens with zero attached hydrogens (tertiary/aromatic N) is 2. The Balaban J connectivity index is 1.59. The predicted molar refractivity (Wildman–Crippen MR) is 136 cm³/mol. The minimum Gasteiger partial charge on any atom is -0.444 e.